The van der Waals surface area contributed by atoms with E-state index in [9.17, 15) is 4.79 Å². The molecule has 1 aliphatic heterocycles. The maximum atomic E-state index is 11.0. The predicted molar refractivity (Wildman–Crippen MR) is 33.6 cm³/mol. The van der Waals surface area contributed by atoms with E-state index in [0.29, 0.717) is 6.61 Å². The van der Waals surface area contributed by atoms with E-state index in [-0.39, 0.29) is 11.9 Å². The zero-order chi connectivity index (χ0) is 7.19. The van der Waals surface area contributed by atoms with Crippen LogP contribution in [-0.2, 0) is 14.3 Å². The van der Waals surface area contributed by atoms with Crippen molar-refractivity contribution in [1.29, 1.82) is 0 Å². The fourth-order valence-corrected chi connectivity index (χ4v) is 1.30. The average molecular weight is 140 g/mol. The highest BCUT2D eigenvalue weighted by Crippen LogP contribution is 2.43. The van der Waals surface area contributed by atoms with Gasteiger partial charge in [-0.2, -0.15) is 0 Å². The molecule has 2 unspecified atom stereocenters. The Balaban J connectivity index is 2.15. The molecule has 0 amide bonds. The van der Waals surface area contributed by atoms with Crippen molar-refractivity contribution in [3.8, 4) is 0 Å². The van der Waals surface area contributed by atoms with Crippen molar-refractivity contribution in [2.45, 2.75) is 11.7 Å². The van der Waals surface area contributed by atoms with Crippen LogP contribution in [-0.4, -0.2) is 31.2 Å². The number of epoxide rings is 1. The first-order valence-corrected chi connectivity index (χ1v) is 3.19. The second kappa shape index (κ2) is 1.68. The zero-order valence-electron chi connectivity index (χ0n) is 5.66. The lowest BCUT2D eigenvalue weighted by molar-refractivity contribution is -0.121. The van der Waals surface area contributed by atoms with Crippen molar-refractivity contribution in [1.82, 2.24) is 0 Å². The van der Waals surface area contributed by atoms with E-state index in [1.165, 1.54) is 0 Å². The molecule has 1 heterocycles. The molecule has 54 valence electrons. The van der Waals surface area contributed by atoms with Gasteiger partial charge in [0.1, 0.15) is 6.10 Å². The quantitative estimate of drug-likeness (QED) is 0.503. The van der Waals surface area contributed by atoms with Crippen molar-refractivity contribution in [2.75, 3.05) is 13.7 Å². The zero-order valence-corrected chi connectivity index (χ0v) is 5.66. The van der Waals surface area contributed by atoms with Gasteiger partial charge in [0.15, 0.2) is 11.4 Å². The first kappa shape index (κ1) is 6.07. The maximum absolute atomic E-state index is 11.0. The molecule has 10 heavy (non-hydrogen) atoms. The van der Waals surface area contributed by atoms with E-state index >= 15 is 0 Å². The first-order valence-electron chi connectivity index (χ1n) is 3.19. The maximum Gasteiger partial charge on any atom is 0.192 e. The standard InChI is InChI=1S/C7H8O3/c1-9-4-7-5(8)2-3-6(7)10-7/h2-3,6H,4H2,1H3. The summed E-state index contributed by atoms with van der Waals surface area (Å²) >= 11 is 0. The topological polar surface area (TPSA) is 38.8 Å². The largest absolute Gasteiger partial charge is 0.381 e. The van der Waals surface area contributed by atoms with Crippen molar-refractivity contribution in [3.05, 3.63) is 12.2 Å². The number of ketones is 1. The Bertz CT molecular complexity index is 209. The summed E-state index contributed by atoms with van der Waals surface area (Å²) in [5, 5.41) is 0. The molecule has 2 atom stereocenters. The van der Waals surface area contributed by atoms with Crippen LogP contribution in [0.5, 0.6) is 0 Å². The molecule has 1 aliphatic carbocycles. The molecule has 2 aliphatic rings. The van der Waals surface area contributed by atoms with Crippen LogP contribution in [0.15, 0.2) is 12.2 Å². The van der Waals surface area contributed by atoms with Crippen LogP contribution in [0.25, 0.3) is 0 Å². The van der Waals surface area contributed by atoms with Gasteiger partial charge in [-0.05, 0) is 12.2 Å². The van der Waals surface area contributed by atoms with E-state index in [0.717, 1.165) is 0 Å². The summed E-state index contributed by atoms with van der Waals surface area (Å²) in [5.74, 6) is 0.0411. The van der Waals surface area contributed by atoms with E-state index in [2.05, 4.69) is 0 Å². The smallest absolute Gasteiger partial charge is 0.192 e. The van der Waals surface area contributed by atoms with Gasteiger partial charge in [-0.3, -0.25) is 4.79 Å². The van der Waals surface area contributed by atoms with Crippen LogP contribution in [0, 0.1) is 0 Å². The summed E-state index contributed by atoms with van der Waals surface area (Å²) in [5.41, 5.74) is -0.602. The molecule has 0 aromatic carbocycles. The lowest BCUT2D eigenvalue weighted by atomic mass is 10.1. The van der Waals surface area contributed by atoms with Crippen LogP contribution >= 0.6 is 0 Å². The Morgan fingerprint density at radius 3 is 3.10 bits per heavy atom. The molecular formula is C7H8O3. The van der Waals surface area contributed by atoms with Gasteiger partial charge in [-0.15, -0.1) is 0 Å². The molecule has 0 N–H and O–H groups in total. The lowest BCUT2D eigenvalue weighted by Gasteiger charge is -2.02. The van der Waals surface area contributed by atoms with Crippen molar-refractivity contribution in [3.63, 3.8) is 0 Å². The summed E-state index contributed by atoms with van der Waals surface area (Å²) < 4.78 is 9.99. The van der Waals surface area contributed by atoms with Gasteiger partial charge >= 0.3 is 0 Å². The second-order valence-corrected chi connectivity index (χ2v) is 2.58. The predicted octanol–water partition coefficient (Wildman–Crippen LogP) is -0.0907. The van der Waals surface area contributed by atoms with Crippen LogP contribution in [0.3, 0.4) is 0 Å². The van der Waals surface area contributed by atoms with Crippen molar-refractivity contribution < 1.29 is 14.3 Å². The fraction of sp³-hybridized carbons (Fsp3) is 0.571. The van der Waals surface area contributed by atoms with Gasteiger partial charge < -0.3 is 9.47 Å². The van der Waals surface area contributed by atoms with Crippen LogP contribution < -0.4 is 0 Å². The number of carbonyl (C=O) groups excluding carboxylic acids is 1. The van der Waals surface area contributed by atoms with Crippen molar-refractivity contribution in [2.24, 2.45) is 0 Å². The summed E-state index contributed by atoms with van der Waals surface area (Å²) in [6.07, 6.45) is 3.34. The number of hydrogen-bond donors (Lipinski definition) is 0. The summed E-state index contributed by atoms with van der Waals surface area (Å²) in [6.45, 7) is 0.378. The van der Waals surface area contributed by atoms with Crippen LogP contribution in [0.4, 0.5) is 0 Å². The van der Waals surface area contributed by atoms with Gasteiger partial charge in [0, 0.05) is 7.11 Å². The highest BCUT2D eigenvalue weighted by Gasteiger charge is 2.63. The van der Waals surface area contributed by atoms with E-state index in [1.807, 2.05) is 0 Å². The van der Waals surface area contributed by atoms with Gasteiger partial charge in [0.2, 0.25) is 0 Å². The summed E-state index contributed by atoms with van der Waals surface area (Å²) in [7, 11) is 1.57. The minimum Gasteiger partial charge on any atom is -0.381 e. The minimum atomic E-state index is -0.602. The monoisotopic (exact) mass is 140 g/mol. The minimum absolute atomic E-state index is 0.0000463. The molecule has 0 spiro atoms. The number of methoxy groups -OCH3 is 1. The third-order valence-electron chi connectivity index (χ3n) is 1.94. The fourth-order valence-electron chi connectivity index (χ4n) is 1.30. The molecule has 0 saturated carbocycles. The Kier molecular flexibility index (Phi) is 1.02. The Morgan fingerprint density at radius 1 is 1.90 bits per heavy atom. The number of fused-ring (bicyclic) bond motifs is 1. The second-order valence-electron chi connectivity index (χ2n) is 2.58. The van der Waals surface area contributed by atoms with Gasteiger partial charge in [0.05, 0.1) is 6.61 Å². The molecule has 0 radical (unpaired) electrons. The molecule has 2 rings (SSSR count). The molecule has 1 fully saturated rings. The third-order valence-corrected chi connectivity index (χ3v) is 1.94. The molecule has 0 aromatic heterocycles. The number of ether oxygens (including phenoxy) is 2. The average Bonchev–Trinajstić information content (AvgIpc) is 2.53. The molecular weight excluding hydrogens is 132 g/mol. The van der Waals surface area contributed by atoms with E-state index < -0.39 is 5.60 Å². The number of hydrogen-bond acceptors (Lipinski definition) is 3. The highest BCUT2D eigenvalue weighted by atomic mass is 16.6. The van der Waals surface area contributed by atoms with Crippen LogP contribution in [0.1, 0.15) is 0 Å². The molecule has 3 heteroatoms. The Morgan fingerprint density at radius 2 is 2.70 bits per heavy atom. The number of rotatable bonds is 2. The van der Waals surface area contributed by atoms with Gasteiger partial charge in [-0.25, -0.2) is 0 Å². The van der Waals surface area contributed by atoms with Crippen molar-refractivity contribution >= 4 is 5.78 Å². The molecule has 3 nitrogen and oxygen atoms in total. The highest BCUT2D eigenvalue weighted by molar-refractivity contribution is 6.03. The van der Waals surface area contributed by atoms with Gasteiger partial charge in [0.25, 0.3) is 0 Å². The molecule has 0 bridgehead atoms. The Hall–Kier alpha value is -0.670. The molecule has 1 saturated heterocycles. The molecule has 0 aromatic rings. The van der Waals surface area contributed by atoms with E-state index in [1.54, 1.807) is 19.3 Å². The normalized spacial score (nSPS) is 42.1. The first-order chi connectivity index (χ1) is 4.79. The number of carbonyl (C=O) groups is 1. The lowest BCUT2D eigenvalue weighted by Crippen LogP contribution is -2.27. The van der Waals surface area contributed by atoms with Gasteiger partial charge in [-0.1, -0.05) is 0 Å². The van der Waals surface area contributed by atoms with E-state index in [4.69, 9.17) is 9.47 Å². The summed E-state index contributed by atoms with van der Waals surface area (Å²) in [6, 6.07) is 0. The Labute approximate surface area is 58.6 Å². The van der Waals surface area contributed by atoms with Crippen LogP contribution in [0.2, 0.25) is 0 Å². The SMILES string of the molecule is COCC12OC1C=CC2=O. The third kappa shape index (κ3) is 0.540. The summed E-state index contributed by atoms with van der Waals surface area (Å²) in [4.78, 5) is 11.0.